The van der Waals surface area contributed by atoms with Gasteiger partial charge in [0.1, 0.15) is 0 Å². The third-order valence-corrected chi connectivity index (χ3v) is 30.0. The molecule has 0 saturated carbocycles. The summed E-state index contributed by atoms with van der Waals surface area (Å²) in [7, 11) is -7.32. The Morgan fingerprint density at radius 3 is 0.800 bits per heavy atom. The third-order valence-electron chi connectivity index (χ3n) is 21.6. The quantitative estimate of drug-likeness (QED) is 0.0329. The summed E-state index contributed by atoms with van der Waals surface area (Å²) in [6.07, 6.45) is 3.75. The van der Waals surface area contributed by atoms with Crippen molar-refractivity contribution in [2.45, 2.75) is 114 Å². The number of nitrogens with zero attached hydrogens (tertiary/aromatic N) is 6. The molecule has 8 aromatic rings. The van der Waals surface area contributed by atoms with E-state index in [0.29, 0.717) is 170 Å². The fourth-order valence-corrected chi connectivity index (χ4v) is 22.8. The average Bonchev–Trinajstić information content (AvgIpc) is 0.788. The van der Waals surface area contributed by atoms with Crippen LogP contribution in [-0.4, -0.2) is 182 Å². The van der Waals surface area contributed by atoms with Crippen LogP contribution in [0.4, 0.5) is 0 Å². The second kappa shape index (κ2) is 37.2. The SMILES string of the molecule is CN1Cc2c(Cl)cc(Cl)cc2C(c2ccc(S(=O)(=O)CCCCN(CCCCN(CCCNS(=O)(=O)c3ccc(C4CN(C)Cc5c(Cl)cc(Cl)cc54)cc3)CCCNS(=O)(=O)c3ccc(C4CN(C)Cc5c(Cl)cc(Cl)cc54)cc3)CCCNS(=O)(=O)c3ccc(C4CN(C)Cc5c(Cl)cc(Cl)cc54)cc3)cc2)C1. The summed E-state index contributed by atoms with van der Waals surface area (Å²) in [5, 5.41) is 4.56. The number of hydrogen-bond donors (Lipinski definition) is 3. The van der Waals surface area contributed by atoms with Crippen LogP contribution in [0.15, 0.2) is 165 Å². The van der Waals surface area contributed by atoms with Gasteiger partial charge in [-0.1, -0.05) is 141 Å². The Morgan fingerprint density at radius 2 is 0.545 bits per heavy atom. The van der Waals surface area contributed by atoms with Crippen LogP contribution >= 0.6 is 92.8 Å². The summed E-state index contributed by atoms with van der Waals surface area (Å²) in [5.41, 5.74) is 11.9. The highest BCUT2D eigenvalue weighted by Crippen LogP contribution is 2.44. The number of nitrogens with one attached hydrogen (secondary N) is 3. The van der Waals surface area contributed by atoms with E-state index in [1.165, 1.54) is 0 Å². The van der Waals surface area contributed by atoms with E-state index in [2.05, 4.69) is 43.6 Å². The highest BCUT2D eigenvalue weighted by Gasteiger charge is 2.33. The van der Waals surface area contributed by atoms with E-state index in [1.807, 2.05) is 101 Å². The van der Waals surface area contributed by atoms with Crippen LogP contribution in [0.2, 0.25) is 40.2 Å². The van der Waals surface area contributed by atoms with Gasteiger partial charge in [0.05, 0.1) is 25.3 Å². The molecule has 3 N–H and O–H groups in total. The molecule has 4 atom stereocenters. The first-order valence-electron chi connectivity index (χ1n) is 37.1. The van der Waals surface area contributed by atoms with Crippen LogP contribution < -0.4 is 14.2 Å². The summed E-state index contributed by atoms with van der Waals surface area (Å²) in [6, 6.07) is 42.7. The van der Waals surface area contributed by atoms with Crippen molar-refractivity contribution in [1.82, 2.24) is 43.6 Å². The molecule has 8 aromatic carbocycles. The molecule has 0 bridgehead atoms. The smallest absolute Gasteiger partial charge is 0.240 e. The van der Waals surface area contributed by atoms with Crippen LogP contribution in [0, 0.1) is 0 Å². The average molecular weight is 1730 g/mol. The largest absolute Gasteiger partial charge is 0.303 e. The molecule has 590 valence electrons. The molecule has 4 unspecified atom stereocenters. The van der Waals surface area contributed by atoms with Crippen molar-refractivity contribution in [3.8, 4) is 0 Å². The zero-order valence-electron chi connectivity index (χ0n) is 61.9. The number of halogens is 8. The maximum Gasteiger partial charge on any atom is 0.240 e. The maximum absolute atomic E-state index is 14.0. The molecule has 12 rings (SSSR count). The molecule has 0 saturated heterocycles. The number of fused-ring (bicyclic) bond motifs is 4. The van der Waals surface area contributed by atoms with Crippen molar-refractivity contribution in [3.05, 3.63) is 253 Å². The molecular formula is C81H93Cl8N9O8S4. The molecule has 4 aliphatic rings. The van der Waals surface area contributed by atoms with Crippen molar-refractivity contribution in [2.75, 3.05) is 119 Å². The molecule has 4 heterocycles. The molecule has 4 aliphatic heterocycles. The van der Waals surface area contributed by atoms with Gasteiger partial charge >= 0.3 is 0 Å². The van der Waals surface area contributed by atoms with Crippen molar-refractivity contribution < 1.29 is 33.7 Å². The first-order valence-corrected chi connectivity index (χ1v) is 46.2. The number of unbranched alkanes of at least 4 members (excludes halogenated alkanes) is 2. The topological polar surface area (TPSA) is 192 Å². The Bertz CT molecular complexity index is 4450. The lowest BCUT2D eigenvalue weighted by Gasteiger charge is -2.33. The van der Waals surface area contributed by atoms with Crippen LogP contribution in [0.25, 0.3) is 0 Å². The minimum Gasteiger partial charge on any atom is -0.303 e. The van der Waals surface area contributed by atoms with E-state index in [4.69, 9.17) is 92.8 Å². The zero-order valence-corrected chi connectivity index (χ0v) is 71.3. The molecule has 17 nitrogen and oxygen atoms in total. The molecule has 110 heavy (non-hydrogen) atoms. The lowest BCUT2D eigenvalue weighted by atomic mass is 9.85. The molecule has 0 fully saturated rings. The van der Waals surface area contributed by atoms with Gasteiger partial charge in [-0.3, -0.25) is 0 Å². The molecule has 0 aromatic heterocycles. The van der Waals surface area contributed by atoms with E-state index in [1.54, 1.807) is 72.8 Å². The Balaban J connectivity index is 0.697. The van der Waals surface area contributed by atoms with E-state index >= 15 is 0 Å². The summed E-state index contributed by atoms with van der Waals surface area (Å²) in [4.78, 5) is 13.9. The van der Waals surface area contributed by atoms with Gasteiger partial charge in [0.25, 0.3) is 0 Å². The Hall–Kier alpha value is -4.48. The minimum absolute atomic E-state index is 0.0503. The van der Waals surface area contributed by atoms with E-state index in [0.717, 1.165) is 73.2 Å². The lowest BCUT2D eigenvalue weighted by Crippen LogP contribution is -2.34. The number of likely N-dealkylation sites (N-methyl/N-ethyl adjacent to an activating group) is 4. The van der Waals surface area contributed by atoms with Gasteiger partial charge in [-0.2, -0.15) is 0 Å². The predicted molar refractivity (Wildman–Crippen MR) is 447 cm³/mol. The molecule has 0 radical (unpaired) electrons. The van der Waals surface area contributed by atoms with Gasteiger partial charge in [-0.15, -0.1) is 0 Å². The maximum atomic E-state index is 14.0. The van der Waals surface area contributed by atoms with E-state index in [-0.39, 0.29) is 68.6 Å². The second-order valence-electron chi connectivity index (χ2n) is 29.8. The Kier molecular flexibility index (Phi) is 28.7. The van der Waals surface area contributed by atoms with Gasteiger partial charge < -0.3 is 29.4 Å². The van der Waals surface area contributed by atoms with Gasteiger partial charge in [0.15, 0.2) is 9.84 Å². The number of rotatable bonds is 33. The van der Waals surface area contributed by atoms with Crippen molar-refractivity contribution in [3.63, 3.8) is 0 Å². The van der Waals surface area contributed by atoms with Gasteiger partial charge in [0, 0.05) is 136 Å². The molecular weight excluding hydrogens is 1640 g/mol. The fraction of sp³-hybridized carbons (Fsp3) is 0.407. The number of hydrogen-bond acceptors (Lipinski definition) is 14. The van der Waals surface area contributed by atoms with Crippen molar-refractivity contribution >= 4 is 133 Å². The normalized spacial score (nSPS) is 18.2. The summed E-state index contributed by atoms with van der Waals surface area (Å²) < 4.78 is 120. The van der Waals surface area contributed by atoms with Crippen LogP contribution in [-0.2, 0) is 66.1 Å². The summed E-state index contributed by atoms with van der Waals surface area (Å²) >= 11 is 52.6. The van der Waals surface area contributed by atoms with Crippen LogP contribution in [0.1, 0.15) is 135 Å². The lowest BCUT2D eigenvalue weighted by molar-refractivity contribution is 0.235. The highest BCUT2D eigenvalue weighted by atomic mass is 35.5. The van der Waals surface area contributed by atoms with Gasteiger partial charge in [-0.25, -0.2) is 47.8 Å². The van der Waals surface area contributed by atoms with Gasteiger partial charge in [0.2, 0.25) is 30.1 Å². The monoisotopic (exact) mass is 1730 g/mol. The molecule has 0 amide bonds. The van der Waals surface area contributed by atoms with Crippen molar-refractivity contribution in [2.24, 2.45) is 0 Å². The van der Waals surface area contributed by atoms with Crippen molar-refractivity contribution in [1.29, 1.82) is 0 Å². The third kappa shape index (κ3) is 21.2. The number of sulfonamides is 3. The second-order valence-corrected chi connectivity index (χ2v) is 40.5. The molecule has 29 heteroatoms. The minimum atomic E-state index is -3.92. The summed E-state index contributed by atoms with van der Waals surface area (Å²) in [5.74, 6) is -0.318. The highest BCUT2D eigenvalue weighted by molar-refractivity contribution is 7.91. The van der Waals surface area contributed by atoms with E-state index < -0.39 is 39.9 Å². The number of benzene rings is 8. The molecule has 0 aliphatic carbocycles. The fourth-order valence-electron chi connectivity index (χ4n) is 15.9. The standard InChI is InChI=1S/C81H93Cl8N9O8S4/c1-93-46-70(66-38-58(82)42-78(86)74(66)50-93)54-12-20-62(21-13-54)107(99,100)37-8-7-33-97(34-9-28-90-108(101,102)63-22-14-55(15-23-63)71-47-94(2)51-75-67(71)39-59(83)43-79(75)87)31-5-6-32-98(35-10-29-91-109(103,104)64-24-16-56(17-25-64)72-48-95(3)52-76-68(72)40-60(84)44-80(76)88)36-11-30-92-110(105,106)65-26-18-57(19-27-65)73-49-96(4)53-77-69(73)41-61(85)45-81(77)89/h12-27,38-45,70-73,90-92H,5-11,28-37,46-53H2,1-4H3. The van der Waals surface area contributed by atoms with E-state index in [9.17, 15) is 33.7 Å². The Labute approximate surface area is 689 Å². The summed E-state index contributed by atoms with van der Waals surface area (Å²) in [6.45, 7) is 9.27. The van der Waals surface area contributed by atoms with Gasteiger partial charge in [-0.05, 0) is 276 Å². The first kappa shape index (κ1) is 84.9. The van der Waals surface area contributed by atoms with Crippen LogP contribution in [0.5, 0.6) is 0 Å². The predicted octanol–water partition coefficient (Wildman–Crippen LogP) is 16.3. The zero-order chi connectivity index (χ0) is 78.4. The Morgan fingerprint density at radius 1 is 0.318 bits per heavy atom. The first-order chi connectivity index (χ1) is 52.4. The number of sulfone groups is 1. The van der Waals surface area contributed by atoms with Crippen LogP contribution in [0.3, 0.4) is 0 Å². The molecule has 0 spiro atoms.